The molecule has 2 atom stereocenters. The highest BCUT2D eigenvalue weighted by molar-refractivity contribution is 7.91. The summed E-state index contributed by atoms with van der Waals surface area (Å²) in [6.45, 7) is 3.77. The predicted molar refractivity (Wildman–Crippen MR) is 105 cm³/mol. The number of ether oxygens (including phenoxy) is 1. The van der Waals surface area contributed by atoms with Crippen molar-refractivity contribution >= 4 is 33.1 Å². The fourth-order valence-electron chi connectivity index (χ4n) is 3.89. The van der Waals surface area contributed by atoms with Crippen LogP contribution in [0.4, 0.5) is 0 Å². The van der Waals surface area contributed by atoms with E-state index in [1.807, 2.05) is 13.0 Å². The van der Waals surface area contributed by atoms with Gasteiger partial charge in [0.15, 0.2) is 15.9 Å². The first-order valence-corrected chi connectivity index (χ1v) is 12.3. The number of nitrogens with zero attached hydrogens (tertiary/aromatic N) is 1. The van der Waals surface area contributed by atoms with Crippen LogP contribution in [0.25, 0.3) is 0 Å². The summed E-state index contributed by atoms with van der Waals surface area (Å²) >= 11 is 1.47. The number of aryl methyl sites for hydroxylation is 2. The van der Waals surface area contributed by atoms with Gasteiger partial charge < -0.3 is 9.64 Å². The smallest absolute Gasteiger partial charge is 0.349 e. The zero-order chi connectivity index (χ0) is 19.6. The van der Waals surface area contributed by atoms with Crippen molar-refractivity contribution in [3.8, 4) is 0 Å². The first-order valence-electron chi connectivity index (χ1n) is 9.64. The molecule has 8 heteroatoms. The third-order valence-electron chi connectivity index (χ3n) is 5.35. The Kier molecular flexibility index (Phi) is 6.25. The number of esters is 1. The van der Waals surface area contributed by atoms with Crippen LogP contribution in [0.15, 0.2) is 6.07 Å². The van der Waals surface area contributed by atoms with Crippen molar-refractivity contribution in [3.05, 3.63) is 21.4 Å². The Labute approximate surface area is 164 Å². The molecule has 2 aliphatic rings. The van der Waals surface area contributed by atoms with Gasteiger partial charge in [-0.3, -0.25) is 4.79 Å². The molecule has 0 saturated carbocycles. The van der Waals surface area contributed by atoms with Crippen molar-refractivity contribution in [1.82, 2.24) is 4.90 Å². The average Bonchev–Trinajstić information content (AvgIpc) is 3.11. The van der Waals surface area contributed by atoms with Crippen molar-refractivity contribution in [2.45, 2.75) is 64.5 Å². The minimum Gasteiger partial charge on any atom is -0.448 e. The molecule has 1 aromatic heterocycles. The van der Waals surface area contributed by atoms with Crippen LogP contribution in [0.1, 0.15) is 59.6 Å². The van der Waals surface area contributed by atoms with E-state index in [4.69, 9.17) is 4.74 Å². The van der Waals surface area contributed by atoms with Gasteiger partial charge in [0.2, 0.25) is 0 Å². The minimum atomic E-state index is -3.08. The van der Waals surface area contributed by atoms with Crippen LogP contribution < -0.4 is 0 Å². The van der Waals surface area contributed by atoms with Crippen molar-refractivity contribution in [2.75, 3.05) is 18.1 Å². The van der Waals surface area contributed by atoms with Gasteiger partial charge in [0, 0.05) is 17.5 Å². The summed E-state index contributed by atoms with van der Waals surface area (Å²) in [4.78, 5) is 28.6. The van der Waals surface area contributed by atoms with E-state index in [2.05, 4.69) is 0 Å². The molecule has 1 aliphatic heterocycles. The molecule has 0 radical (unpaired) electrons. The number of likely N-dealkylation sites (N-methyl/N-ethyl adjacent to an activating group) is 1. The summed E-state index contributed by atoms with van der Waals surface area (Å²) in [6, 6.07) is 1.58. The molecule has 1 amide bonds. The Hall–Kier alpha value is -1.41. The van der Waals surface area contributed by atoms with E-state index in [9.17, 15) is 18.0 Å². The first-order chi connectivity index (χ1) is 12.8. The van der Waals surface area contributed by atoms with Crippen LogP contribution in [0.5, 0.6) is 0 Å². The quantitative estimate of drug-likeness (QED) is 0.547. The molecule has 1 saturated heterocycles. The highest BCUT2D eigenvalue weighted by Gasteiger charge is 2.36. The minimum absolute atomic E-state index is 0.00904. The molecule has 1 aromatic rings. The molecular formula is C19H27NO5S2. The molecule has 150 valence electrons. The van der Waals surface area contributed by atoms with Crippen LogP contribution in [0.2, 0.25) is 0 Å². The molecule has 0 N–H and O–H groups in total. The molecule has 0 spiro atoms. The maximum absolute atomic E-state index is 12.7. The molecule has 6 nitrogen and oxygen atoms in total. The van der Waals surface area contributed by atoms with Crippen LogP contribution in [0.3, 0.4) is 0 Å². The fourth-order valence-corrected chi connectivity index (χ4v) is 6.75. The zero-order valence-corrected chi connectivity index (χ0v) is 17.5. The summed E-state index contributed by atoms with van der Waals surface area (Å²) in [6.07, 6.45) is 5.02. The first kappa shape index (κ1) is 20.3. The fraction of sp³-hybridized carbons (Fsp3) is 0.684. The third kappa shape index (κ3) is 4.71. The van der Waals surface area contributed by atoms with Crippen molar-refractivity contribution in [1.29, 1.82) is 0 Å². The van der Waals surface area contributed by atoms with Crippen molar-refractivity contribution < 1.29 is 22.7 Å². The van der Waals surface area contributed by atoms with Crippen LogP contribution in [0, 0.1) is 0 Å². The lowest BCUT2D eigenvalue weighted by Gasteiger charge is -2.29. The largest absolute Gasteiger partial charge is 0.448 e. The Morgan fingerprint density at radius 2 is 2.04 bits per heavy atom. The van der Waals surface area contributed by atoms with Gasteiger partial charge in [-0.2, -0.15) is 0 Å². The van der Waals surface area contributed by atoms with Gasteiger partial charge in [0.25, 0.3) is 5.91 Å². The van der Waals surface area contributed by atoms with Crippen LogP contribution in [-0.2, 0) is 32.2 Å². The van der Waals surface area contributed by atoms with Crippen LogP contribution >= 0.6 is 11.3 Å². The van der Waals surface area contributed by atoms with Gasteiger partial charge >= 0.3 is 5.97 Å². The average molecular weight is 414 g/mol. The Balaban J connectivity index is 1.64. The highest BCUT2D eigenvalue weighted by atomic mass is 32.2. The molecule has 3 rings (SSSR count). The van der Waals surface area contributed by atoms with Gasteiger partial charge in [-0.15, -0.1) is 11.3 Å². The number of carbonyl (C=O) groups excluding carboxylic acids is 2. The number of amides is 1. The number of carbonyl (C=O) groups is 2. The van der Waals surface area contributed by atoms with Gasteiger partial charge in [-0.1, -0.05) is 6.42 Å². The van der Waals surface area contributed by atoms with Crippen molar-refractivity contribution in [3.63, 3.8) is 0 Å². The standard InChI is InChI=1S/C19H27NO5S2/c1-3-20(15-9-10-27(23,24)12-15)18(21)13(2)25-19(22)17-11-14-7-5-4-6-8-16(14)26-17/h11,13,15H,3-10,12H2,1-2H3/t13-,15-/m0/s1. The monoisotopic (exact) mass is 413 g/mol. The number of hydrogen-bond donors (Lipinski definition) is 0. The summed E-state index contributed by atoms with van der Waals surface area (Å²) in [5.74, 6) is -0.698. The third-order valence-corrected chi connectivity index (χ3v) is 8.32. The van der Waals surface area contributed by atoms with E-state index in [0.29, 0.717) is 17.8 Å². The summed E-state index contributed by atoms with van der Waals surface area (Å²) in [7, 11) is -3.08. The number of thiophene rings is 1. The molecule has 27 heavy (non-hydrogen) atoms. The summed E-state index contributed by atoms with van der Waals surface area (Å²) in [5.41, 5.74) is 1.23. The van der Waals surface area contributed by atoms with Crippen molar-refractivity contribution in [2.24, 2.45) is 0 Å². The molecule has 0 unspecified atom stereocenters. The Morgan fingerprint density at radius 1 is 1.30 bits per heavy atom. The normalized spacial score (nSPS) is 22.5. The van der Waals surface area contributed by atoms with E-state index in [0.717, 1.165) is 25.7 Å². The summed E-state index contributed by atoms with van der Waals surface area (Å²) in [5, 5.41) is 0. The molecule has 1 fully saturated rings. The Morgan fingerprint density at radius 3 is 2.70 bits per heavy atom. The second-order valence-corrected chi connectivity index (χ2v) is 10.7. The topological polar surface area (TPSA) is 80.8 Å². The van der Waals surface area contributed by atoms with E-state index in [-0.39, 0.29) is 23.5 Å². The second-order valence-electron chi connectivity index (χ2n) is 7.35. The van der Waals surface area contributed by atoms with E-state index >= 15 is 0 Å². The lowest BCUT2D eigenvalue weighted by molar-refractivity contribution is -0.141. The lowest BCUT2D eigenvalue weighted by atomic mass is 10.1. The van der Waals surface area contributed by atoms with Gasteiger partial charge in [0.05, 0.1) is 11.5 Å². The lowest BCUT2D eigenvalue weighted by Crippen LogP contribution is -2.46. The van der Waals surface area contributed by atoms with Gasteiger partial charge in [0.1, 0.15) is 4.88 Å². The molecule has 0 bridgehead atoms. The van der Waals surface area contributed by atoms with E-state index in [1.54, 1.807) is 6.92 Å². The Bertz CT molecular complexity index is 791. The highest BCUT2D eigenvalue weighted by Crippen LogP contribution is 2.29. The zero-order valence-electron chi connectivity index (χ0n) is 15.9. The molecular weight excluding hydrogens is 386 g/mol. The van der Waals surface area contributed by atoms with Gasteiger partial charge in [-0.05, 0) is 57.6 Å². The van der Waals surface area contributed by atoms with E-state index < -0.39 is 21.9 Å². The second kappa shape index (κ2) is 8.31. The molecule has 1 aliphatic carbocycles. The number of rotatable bonds is 5. The predicted octanol–water partition coefficient (Wildman–Crippen LogP) is 2.60. The maximum Gasteiger partial charge on any atom is 0.349 e. The number of fused-ring (bicyclic) bond motifs is 1. The number of hydrogen-bond acceptors (Lipinski definition) is 6. The van der Waals surface area contributed by atoms with Crippen LogP contribution in [-0.4, -0.2) is 55.4 Å². The molecule has 2 heterocycles. The van der Waals surface area contributed by atoms with E-state index in [1.165, 1.54) is 33.1 Å². The summed E-state index contributed by atoms with van der Waals surface area (Å²) < 4.78 is 28.9. The SMILES string of the molecule is CCN(C(=O)[C@H](C)OC(=O)c1cc2c(s1)CCCCC2)[C@H]1CCS(=O)(=O)C1. The molecule has 0 aromatic carbocycles. The maximum atomic E-state index is 12.7. The van der Waals surface area contributed by atoms with Gasteiger partial charge in [-0.25, -0.2) is 13.2 Å². The number of sulfone groups is 1.